The maximum absolute atomic E-state index is 9.21. The Hall–Kier alpha value is 0.0669. The van der Waals surface area contributed by atoms with Gasteiger partial charge in [-0.15, -0.1) is 0 Å². The van der Waals surface area contributed by atoms with Crippen LogP contribution in [0, 0.1) is 0 Å². The van der Waals surface area contributed by atoms with Crippen LogP contribution in [-0.2, 0) is 13.6 Å². The van der Waals surface area contributed by atoms with E-state index in [0.717, 1.165) is 64.0 Å². The molecule has 0 bridgehead atoms. The highest BCUT2D eigenvalue weighted by Crippen LogP contribution is 2.19. The minimum absolute atomic E-state index is 0.147. The van der Waals surface area contributed by atoms with Crippen LogP contribution in [0.25, 0.3) is 0 Å². The fourth-order valence-electron chi connectivity index (χ4n) is 6.79. The molecule has 0 heterocycles. The molecule has 0 saturated heterocycles. The van der Waals surface area contributed by atoms with Crippen molar-refractivity contribution in [3.8, 4) is 0 Å². The van der Waals surface area contributed by atoms with Gasteiger partial charge < -0.3 is 23.8 Å². The van der Waals surface area contributed by atoms with Crippen LogP contribution in [0.4, 0.5) is 0 Å². The van der Waals surface area contributed by atoms with Gasteiger partial charge in [0, 0.05) is 32.7 Å². The van der Waals surface area contributed by atoms with E-state index in [0.29, 0.717) is 13.1 Å². The number of ether oxygens (including phenoxy) is 1. The van der Waals surface area contributed by atoms with Gasteiger partial charge in [-0.1, -0.05) is 154 Å². The Balaban J connectivity index is 4.30. The predicted octanol–water partition coefficient (Wildman–Crippen LogP) is 13.0. The summed E-state index contributed by atoms with van der Waals surface area (Å²) < 4.78 is 19.4. The molecule has 1 atom stereocenters. The van der Waals surface area contributed by atoms with Crippen molar-refractivity contribution >= 4 is 20.3 Å². The summed E-state index contributed by atoms with van der Waals surface area (Å²) in [7, 11) is -2.30. The van der Waals surface area contributed by atoms with Crippen LogP contribution in [0.3, 0.4) is 0 Å². The average Bonchev–Trinajstić information content (AvgIpc) is 3.14. The number of hydrogen-bond acceptors (Lipinski definition) is 7. The van der Waals surface area contributed by atoms with Crippen molar-refractivity contribution < 1.29 is 23.8 Å². The van der Waals surface area contributed by atoms with Crippen molar-refractivity contribution in [2.75, 3.05) is 57.6 Å². The van der Waals surface area contributed by atoms with Crippen molar-refractivity contribution in [2.45, 2.75) is 219 Å². The molecule has 0 amide bonds. The zero-order valence-electron chi connectivity index (χ0n) is 36.1. The van der Waals surface area contributed by atoms with Gasteiger partial charge in [-0.25, -0.2) is 0 Å². The molecule has 1 unspecified atom stereocenters. The third-order valence-corrected chi connectivity index (χ3v) is 13.0. The largest absolute Gasteiger partial charge is 0.395 e. The lowest BCUT2D eigenvalue weighted by Gasteiger charge is -2.29. The number of nitrogens with zero attached hydrogens (tertiary/aromatic N) is 1. The number of unbranched alkanes of at least 4 members (excludes halogenated alkanes) is 24. The summed E-state index contributed by atoms with van der Waals surface area (Å²) >= 11 is 2.07. The van der Waals surface area contributed by atoms with E-state index < -0.39 is 8.56 Å². The Morgan fingerprint density at radius 2 is 0.981 bits per heavy atom. The molecule has 2 N–H and O–H groups in total. The van der Waals surface area contributed by atoms with E-state index in [9.17, 15) is 10.2 Å². The van der Waals surface area contributed by atoms with Gasteiger partial charge in [0.05, 0.1) is 13.2 Å². The van der Waals surface area contributed by atoms with E-state index in [1.54, 1.807) is 0 Å². The van der Waals surface area contributed by atoms with E-state index in [-0.39, 0.29) is 19.5 Å². The summed E-state index contributed by atoms with van der Waals surface area (Å²) in [6.45, 7) is 12.9. The molecule has 0 aromatic carbocycles. The van der Waals surface area contributed by atoms with Crippen LogP contribution >= 0.6 is 11.8 Å². The molecular weight excluding hydrogens is 695 g/mol. The standard InChI is InChI=1S/C45H93NO5SSi/c1-5-7-9-11-13-15-17-18-19-20-21-22-23-25-28-32-41-49-45(35-44-52-43-34-30-26-24-16-14-12-10-8-6-2)51-53(3,4)50-42-33-29-27-31-36-46(37-39-47)38-40-48/h18-19,45,47-48H,5-17,20-44H2,1-4H3/b19-18-. The zero-order chi connectivity index (χ0) is 38.8. The lowest BCUT2D eigenvalue weighted by atomic mass is 10.1. The van der Waals surface area contributed by atoms with Crippen molar-refractivity contribution in [3.63, 3.8) is 0 Å². The van der Waals surface area contributed by atoms with Crippen LogP contribution in [0.2, 0.25) is 13.1 Å². The third-order valence-electron chi connectivity index (χ3n) is 10.2. The maximum Gasteiger partial charge on any atom is 0.333 e. The first kappa shape index (κ1) is 53.1. The van der Waals surface area contributed by atoms with E-state index in [4.69, 9.17) is 13.6 Å². The second kappa shape index (κ2) is 43.2. The highest BCUT2D eigenvalue weighted by Gasteiger charge is 2.29. The fraction of sp³-hybridized carbons (Fsp3) is 0.956. The molecule has 8 heteroatoms. The monoisotopic (exact) mass is 788 g/mol. The van der Waals surface area contributed by atoms with Gasteiger partial charge in [0.25, 0.3) is 0 Å². The van der Waals surface area contributed by atoms with Crippen LogP contribution in [0.15, 0.2) is 12.2 Å². The minimum Gasteiger partial charge on any atom is -0.395 e. The lowest BCUT2D eigenvalue weighted by Crippen LogP contribution is -2.40. The van der Waals surface area contributed by atoms with E-state index in [1.807, 2.05) is 0 Å². The number of hydrogen-bond donors (Lipinski definition) is 2. The molecule has 0 aliphatic heterocycles. The van der Waals surface area contributed by atoms with Gasteiger partial charge in [-0.05, 0) is 82.5 Å². The van der Waals surface area contributed by atoms with Crippen molar-refractivity contribution in [2.24, 2.45) is 0 Å². The number of aliphatic hydroxyl groups is 2. The number of allylic oxidation sites excluding steroid dienone is 2. The number of thioether (sulfide) groups is 1. The molecule has 0 aromatic rings. The van der Waals surface area contributed by atoms with Crippen LogP contribution < -0.4 is 0 Å². The van der Waals surface area contributed by atoms with Gasteiger partial charge in [0.1, 0.15) is 6.29 Å². The zero-order valence-corrected chi connectivity index (χ0v) is 37.9. The molecule has 6 nitrogen and oxygen atoms in total. The summed E-state index contributed by atoms with van der Waals surface area (Å²) in [5, 5.41) is 18.4. The molecule has 0 spiro atoms. The third kappa shape index (κ3) is 41.5. The van der Waals surface area contributed by atoms with Gasteiger partial charge >= 0.3 is 8.56 Å². The highest BCUT2D eigenvalue weighted by atomic mass is 32.2. The average molecular weight is 788 g/mol. The van der Waals surface area contributed by atoms with Crippen molar-refractivity contribution in [1.29, 1.82) is 0 Å². The molecule has 53 heavy (non-hydrogen) atoms. The van der Waals surface area contributed by atoms with Crippen LogP contribution in [-0.4, -0.2) is 87.5 Å². The maximum atomic E-state index is 9.21. The van der Waals surface area contributed by atoms with E-state index in [2.05, 4.69) is 55.8 Å². The smallest absolute Gasteiger partial charge is 0.333 e. The minimum atomic E-state index is -2.30. The normalized spacial score (nSPS) is 12.9. The van der Waals surface area contributed by atoms with Crippen molar-refractivity contribution in [3.05, 3.63) is 12.2 Å². The van der Waals surface area contributed by atoms with Gasteiger partial charge in [-0.3, -0.25) is 4.90 Å². The van der Waals surface area contributed by atoms with Gasteiger partial charge in [-0.2, -0.15) is 11.8 Å². The topological polar surface area (TPSA) is 71.4 Å². The first-order valence-corrected chi connectivity index (χ1v) is 27.1. The summed E-state index contributed by atoms with van der Waals surface area (Å²) in [6.07, 6.45) is 42.4. The molecular formula is C45H93NO5SSi. The van der Waals surface area contributed by atoms with Gasteiger partial charge in [0.15, 0.2) is 0 Å². The summed E-state index contributed by atoms with van der Waals surface area (Å²) in [4.78, 5) is 2.13. The lowest BCUT2D eigenvalue weighted by molar-refractivity contribution is -0.0997. The van der Waals surface area contributed by atoms with E-state index >= 15 is 0 Å². The number of aliphatic hydroxyl groups excluding tert-OH is 2. The van der Waals surface area contributed by atoms with Crippen LogP contribution in [0.5, 0.6) is 0 Å². The molecule has 0 fully saturated rings. The quantitative estimate of drug-likeness (QED) is 0.0276. The first-order chi connectivity index (χ1) is 26.0. The molecule has 318 valence electrons. The Bertz CT molecular complexity index is 725. The van der Waals surface area contributed by atoms with Crippen LogP contribution in [0.1, 0.15) is 200 Å². The Morgan fingerprint density at radius 1 is 0.528 bits per heavy atom. The molecule has 0 aliphatic rings. The second-order valence-electron chi connectivity index (χ2n) is 15.9. The van der Waals surface area contributed by atoms with Crippen molar-refractivity contribution in [1.82, 2.24) is 4.90 Å². The van der Waals surface area contributed by atoms with Gasteiger partial charge in [0.2, 0.25) is 0 Å². The summed E-state index contributed by atoms with van der Waals surface area (Å²) in [5.41, 5.74) is 0. The molecule has 0 rings (SSSR count). The molecule has 0 aromatic heterocycles. The molecule has 0 radical (unpaired) electrons. The fourth-order valence-corrected chi connectivity index (χ4v) is 9.29. The Kier molecular flexibility index (Phi) is 43.2. The summed E-state index contributed by atoms with van der Waals surface area (Å²) in [6, 6.07) is 0. The molecule has 0 aliphatic carbocycles. The predicted molar refractivity (Wildman–Crippen MR) is 237 cm³/mol. The molecule has 0 saturated carbocycles. The van der Waals surface area contributed by atoms with E-state index in [1.165, 1.54) is 153 Å². The second-order valence-corrected chi connectivity index (χ2v) is 20.4. The Labute approximate surface area is 337 Å². The number of rotatable bonds is 45. The summed E-state index contributed by atoms with van der Waals surface area (Å²) in [5.74, 6) is 2.33. The Morgan fingerprint density at radius 3 is 1.51 bits per heavy atom. The highest BCUT2D eigenvalue weighted by molar-refractivity contribution is 7.99. The SMILES string of the molecule is CCCCCCCC/C=C\CCCCCCCCOC(CCSCCCCCCCCCCCC)O[Si](C)(C)OCCCCCCN(CCO)CCO. The first-order valence-electron chi connectivity index (χ1n) is 23.1.